The molecule has 2 fully saturated rings. The number of nitrogens with one attached hydrogen (secondary N) is 1. The Bertz CT molecular complexity index is 338. The summed E-state index contributed by atoms with van der Waals surface area (Å²) in [5, 5.41) is 3.22. The Labute approximate surface area is 115 Å². The van der Waals surface area contributed by atoms with Gasteiger partial charge in [-0.2, -0.15) is 0 Å². The van der Waals surface area contributed by atoms with Gasteiger partial charge in [0, 0.05) is 39.6 Å². The minimum Gasteiger partial charge on any atom is -0.347 e. The zero-order valence-electron chi connectivity index (χ0n) is 12.0. The van der Waals surface area contributed by atoms with Crippen molar-refractivity contribution in [3.63, 3.8) is 0 Å². The standard InChI is InChI=1S/C14H25N3O2/c1-16(2)14(19)12-10-15-8-9-17(12)13(18)11-6-4-3-5-7-11/h11-12,15H,3-10H2,1-2H3. The molecule has 2 rings (SSSR count). The summed E-state index contributed by atoms with van der Waals surface area (Å²) in [6.07, 6.45) is 5.52. The summed E-state index contributed by atoms with van der Waals surface area (Å²) in [6.45, 7) is 2.02. The van der Waals surface area contributed by atoms with Gasteiger partial charge in [-0.15, -0.1) is 0 Å². The fourth-order valence-electron chi connectivity index (χ4n) is 3.07. The van der Waals surface area contributed by atoms with Crippen LogP contribution in [0.15, 0.2) is 0 Å². The molecule has 1 saturated heterocycles. The Morgan fingerprint density at radius 3 is 2.47 bits per heavy atom. The van der Waals surface area contributed by atoms with E-state index >= 15 is 0 Å². The number of hydrogen-bond acceptors (Lipinski definition) is 3. The van der Waals surface area contributed by atoms with Gasteiger partial charge in [-0.25, -0.2) is 0 Å². The molecule has 1 aliphatic carbocycles. The van der Waals surface area contributed by atoms with Crippen molar-refractivity contribution in [2.45, 2.75) is 38.1 Å². The number of amides is 2. The molecule has 0 aromatic heterocycles. The number of nitrogens with zero attached hydrogens (tertiary/aromatic N) is 2. The summed E-state index contributed by atoms with van der Waals surface area (Å²) in [5.74, 6) is 0.363. The van der Waals surface area contributed by atoms with Crippen LogP contribution < -0.4 is 5.32 Å². The largest absolute Gasteiger partial charge is 0.347 e. The maximum atomic E-state index is 12.6. The lowest BCUT2D eigenvalue weighted by molar-refractivity contribution is -0.148. The minimum absolute atomic E-state index is 0.0244. The van der Waals surface area contributed by atoms with Gasteiger partial charge in [-0.3, -0.25) is 9.59 Å². The molecular formula is C14H25N3O2. The van der Waals surface area contributed by atoms with E-state index in [0.717, 1.165) is 32.2 Å². The molecule has 1 heterocycles. The third-order valence-electron chi connectivity index (χ3n) is 4.21. The van der Waals surface area contributed by atoms with Crippen molar-refractivity contribution >= 4 is 11.8 Å². The van der Waals surface area contributed by atoms with Crippen molar-refractivity contribution in [3.8, 4) is 0 Å². The average molecular weight is 267 g/mol. The van der Waals surface area contributed by atoms with E-state index in [-0.39, 0.29) is 23.8 Å². The van der Waals surface area contributed by atoms with Crippen LogP contribution in [0.5, 0.6) is 0 Å². The van der Waals surface area contributed by atoms with Crippen LogP contribution in [-0.2, 0) is 9.59 Å². The maximum Gasteiger partial charge on any atom is 0.246 e. The molecule has 1 unspecified atom stereocenters. The zero-order valence-corrected chi connectivity index (χ0v) is 12.0. The number of rotatable bonds is 2. The highest BCUT2D eigenvalue weighted by atomic mass is 16.2. The van der Waals surface area contributed by atoms with Crippen LogP contribution in [0.25, 0.3) is 0 Å². The molecule has 0 aromatic carbocycles. The zero-order chi connectivity index (χ0) is 13.8. The second-order valence-electron chi connectivity index (χ2n) is 5.82. The fraction of sp³-hybridized carbons (Fsp3) is 0.857. The van der Waals surface area contributed by atoms with E-state index in [2.05, 4.69) is 5.32 Å². The molecule has 5 heteroatoms. The van der Waals surface area contributed by atoms with Crippen molar-refractivity contribution in [2.75, 3.05) is 33.7 Å². The van der Waals surface area contributed by atoms with E-state index < -0.39 is 0 Å². The summed E-state index contributed by atoms with van der Waals surface area (Å²) >= 11 is 0. The third kappa shape index (κ3) is 3.26. The first-order chi connectivity index (χ1) is 9.11. The predicted molar refractivity (Wildman–Crippen MR) is 73.6 cm³/mol. The van der Waals surface area contributed by atoms with Crippen LogP contribution in [-0.4, -0.2) is 61.4 Å². The molecule has 2 aliphatic rings. The van der Waals surface area contributed by atoms with E-state index in [4.69, 9.17) is 0 Å². The van der Waals surface area contributed by atoms with Gasteiger partial charge in [0.25, 0.3) is 0 Å². The van der Waals surface area contributed by atoms with E-state index in [9.17, 15) is 9.59 Å². The summed E-state index contributed by atoms with van der Waals surface area (Å²) < 4.78 is 0. The molecule has 5 nitrogen and oxygen atoms in total. The van der Waals surface area contributed by atoms with Crippen LogP contribution in [0.4, 0.5) is 0 Å². The van der Waals surface area contributed by atoms with E-state index in [1.165, 1.54) is 6.42 Å². The molecule has 108 valence electrons. The average Bonchev–Trinajstić information content (AvgIpc) is 2.46. The number of carbonyl (C=O) groups excluding carboxylic acids is 2. The third-order valence-corrected chi connectivity index (χ3v) is 4.21. The molecule has 0 aromatic rings. The molecule has 0 bridgehead atoms. The summed E-state index contributed by atoms with van der Waals surface area (Å²) in [5.41, 5.74) is 0. The highest BCUT2D eigenvalue weighted by molar-refractivity contribution is 5.88. The van der Waals surface area contributed by atoms with Crippen molar-refractivity contribution < 1.29 is 9.59 Å². The van der Waals surface area contributed by atoms with E-state index in [1.807, 2.05) is 4.90 Å². The predicted octanol–water partition coefficient (Wildman–Crippen LogP) is 0.455. The summed E-state index contributed by atoms with van der Waals surface area (Å²) in [7, 11) is 3.50. The molecule has 0 radical (unpaired) electrons. The van der Waals surface area contributed by atoms with Gasteiger partial charge in [0.05, 0.1) is 0 Å². The Balaban J connectivity index is 2.05. The molecule has 19 heavy (non-hydrogen) atoms. The highest BCUT2D eigenvalue weighted by Gasteiger charge is 2.36. The molecular weight excluding hydrogens is 242 g/mol. The van der Waals surface area contributed by atoms with Gasteiger partial charge in [0.2, 0.25) is 11.8 Å². The first-order valence-corrected chi connectivity index (χ1v) is 7.33. The van der Waals surface area contributed by atoms with Gasteiger partial charge in [0.1, 0.15) is 6.04 Å². The van der Waals surface area contributed by atoms with E-state index in [1.54, 1.807) is 19.0 Å². The lowest BCUT2D eigenvalue weighted by Crippen LogP contribution is -2.60. The van der Waals surface area contributed by atoms with E-state index in [0.29, 0.717) is 13.1 Å². The van der Waals surface area contributed by atoms with Crippen molar-refractivity contribution in [1.29, 1.82) is 0 Å². The van der Waals surface area contributed by atoms with Gasteiger partial charge >= 0.3 is 0 Å². The first kappa shape index (κ1) is 14.3. The normalized spacial score (nSPS) is 25.2. The molecule has 2 amide bonds. The van der Waals surface area contributed by atoms with Crippen LogP contribution >= 0.6 is 0 Å². The number of likely N-dealkylation sites (N-methyl/N-ethyl adjacent to an activating group) is 1. The Hall–Kier alpha value is -1.10. The van der Waals surface area contributed by atoms with Gasteiger partial charge < -0.3 is 15.1 Å². The Morgan fingerprint density at radius 1 is 1.16 bits per heavy atom. The molecule has 1 N–H and O–H groups in total. The molecule has 1 atom stereocenters. The topological polar surface area (TPSA) is 52.7 Å². The summed E-state index contributed by atoms with van der Waals surface area (Å²) in [4.78, 5) is 28.2. The minimum atomic E-state index is -0.321. The van der Waals surface area contributed by atoms with Crippen LogP contribution in [0.2, 0.25) is 0 Å². The molecule has 1 saturated carbocycles. The Kier molecular flexibility index (Phi) is 4.80. The quantitative estimate of drug-likeness (QED) is 0.790. The smallest absolute Gasteiger partial charge is 0.246 e. The van der Waals surface area contributed by atoms with Crippen LogP contribution in [0.3, 0.4) is 0 Å². The Morgan fingerprint density at radius 2 is 1.84 bits per heavy atom. The first-order valence-electron chi connectivity index (χ1n) is 7.33. The lowest BCUT2D eigenvalue weighted by atomic mass is 9.87. The van der Waals surface area contributed by atoms with Crippen molar-refractivity contribution in [3.05, 3.63) is 0 Å². The number of piperazine rings is 1. The van der Waals surface area contributed by atoms with Crippen molar-refractivity contribution in [1.82, 2.24) is 15.1 Å². The lowest BCUT2D eigenvalue weighted by Gasteiger charge is -2.39. The number of carbonyl (C=O) groups is 2. The van der Waals surface area contributed by atoms with Crippen LogP contribution in [0.1, 0.15) is 32.1 Å². The van der Waals surface area contributed by atoms with Gasteiger partial charge in [-0.1, -0.05) is 19.3 Å². The van der Waals surface area contributed by atoms with Gasteiger partial charge in [0.15, 0.2) is 0 Å². The molecule has 0 spiro atoms. The fourth-order valence-corrected chi connectivity index (χ4v) is 3.07. The highest BCUT2D eigenvalue weighted by Crippen LogP contribution is 2.26. The maximum absolute atomic E-state index is 12.6. The second kappa shape index (κ2) is 6.37. The monoisotopic (exact) mass is 267 g/mol. The van der Waals surface area contributed by atoms with Crippen molar-refractivity contribution in [2.24, 2.45) is 5.92 Å². The SMILES string of the molecule is CN(C)C(=O)C1CNCCN1C(=O)C1CCCCC1. The number of hydrogen-bond donors (Lipinski definition) is 1. The second-order valence-corrected chi connectivity index (χ2v) is 5.82. The van der Waals surface area contributed by atoms with Gasteiger partial charge in [-0.05, 0) is 12.8 Å². The van der Waals surface area contributed by atoms with Crippen LogP contribution in [0, 0.1) is 5.92 Å². The molecule has 1 aliphatic heterocycles. The summed E-state index contributed by atoms with van der Waals surface area (Å²) in [6, 6.07) is -0.321.